The van der Waals surface area contributed by atoms with E-state index in [0.29, 0.717) is 28.6 Å². The highest BCUT2D eigenvalue weighted by Gasteiger charge is 2.07. The number of nitrogens with two attached hydrogens (primary N) is 3. The molecule has 0 saturated heterocycles. The van der Waals surface area contributed by atoms with Crippen molar-refractivity contribution in [2.45, 2.75) is 0 Å². The van der Waals surface area contributed by atoms with E-state index in [9.17, 15) is 0 Å². The van der Waals surface area contributed by atoms with Crippen LogP contribution in [0.5, 0.6) is 11.5 Å². The molecule has 2 aromatic rings. The second kappa shape index (κ2) is 4.02. The van der Waals surface area contributed by atoms with E-state index >= 15 is 0 Å². The molecule has 0 amide bonds. The van der Waals surface area contributed by atoms with Crippen LogP contribution in [0.15, 0.2) is 42.5 Å². The van der Waals surface area contributed by atoms with Gasteiger partial charge >= 0.3 is 0 Å². The van der Waals surface area contributed by atoms with Crippen molar-refractivity contribution in [2.24, 2.45) is 0 Å². The van der Waals surface area contributed by atoms with Crippen molar-refractivity contribution in [1.82, 2.24) is 0 Å². The maximum absolute atomic E-state index is 5.77. The molecular weight excluding hydrogens is 202 g/mol. The summed E-state index contributed by atoms with van der Waals surface area (Å²) in [6.07, 6.45) is 0. The predicted octanol–water partition coefficient (Wildman–Crippen LogP) is 2.23. The average Bonchev–Trinajstić information content (AvgIpc) is 2.26. The molecule has 0 saturated carbocycles. The molecule has 0 radical (unpaired) electrons. The minimum atomic E-state index is 0.445. The van der Waals surface area contributed by atoms with Gasteiger partial charge in [0.05, 0.1) is 17.1 Å². The Morgan fingerprint density at radius 1 is 0.688 bits per heavy atom. The van der Waals surface area contributed by atoms with Crippen LogP contribution >= 0.6 is 0 Å². The first-order valence-electron chi connectivity index (χ1n) is 4.85. The summed E-state index contributed by atoms with van der Waals surface area (Å²) in [7, 11) is 0. The van der Waals surface area contributed by atoms with Gasteiger partial charge in [0.2, 0.25) is 0 Å². The fourth-order valence-electron chi connectivity index (χ4n) is 1.37. The molecule has 82 valence electrons. The lowest BCUT2D eigenvalue weighted by molar-refractivity contribution is 0.490. The van der Waals surface area contributed by atoms with E-state index in [1.807, 2.05) is 12.1 Å². The molecule has 16 heavy (non-hydrogen) atoms. The van der Waals surface area contributed by atoms with E-state index in [-0.39, 0.29) is 0 Å². The lowest BCUT2D eigenvalue weighted by Crippen LogP contribution is -1.98. The zero-order valence-electron chi connectivity index (χ0n) is 8.68. The molecule has 0 heterocycles. The number of anilines is 3. The van der Waals surface area contributed by atoms with Crippen LogP contribution in [0.3, 0.4) is 0 Å². The molecule has 0 spiro atoms. The topological polar surface area (TPSA) is 87.3 Å². The van der Waals surface area contributed by atoms with E-state index in [0.717, 1.165) is 0 Å². The first kappa shape index (κ1) is 10.2. The van der Waals surface area contributed by atoms with Crippen molar-refractivity contribution in [3.05, 3.63) is 42.5 Å². The third kappa shape index (κ3) is 1.86. The number of ether oxygens (including phenoxy) is 1. The molecule has 4 nitrogen and oxygen atoms in total. The lowest BCUT2D eigenvalue weighted by atomic mass is 10.2. The summed E-state index contributed by atoms with van der Waals surface area (Å²) in [4.78, 5) is 0. The van der Waals surface area contributed by atoms with Crippen molar-refractivity contribution in [1.29, 1.82) is 0 Å². The predicted molar refractivity (Wildman–Crippen MR) is 66.2 cm³/mol. The monoisotopic (exact) mass is 215 g/mol. The Bertz CT molecular complexity index is 491. The van der Waals surface area contributed by atoms with Crippen LogP contribution in [0.4, 0.5) is 17.1 Å². The molecule has 4 heteroatoms. The summed E-state index contributed by atoms with van der Waals surface area (Å²) in [5.41, 5.74) is 18.8. The first-order chi connectivity index (χ1) is 7.68. The zero-order valence-corrected chi connectivity index (χ0v) is 8.68. The van der Waals surface area contributed by atoms with E-state index < -0.39 is 0 Å². The number of hydrogen-bond acceptors (Lipinski definition) is 4. The minimum Gasteiger partial charge on any atom is -0.451 e. The van der Waals surface area contributed by atoms with Crippen molar-refractivity contribution in [3.8, 4) is 11.5 Å². The molecule has 2 rings (SSSR count). The summed E-state index contributed by atoms with van der Waals surface area (Å²) in [6, 6.07) is 12.4. The van der Waals surface area contributed by atoms with Gasteiger partial charge in [-0.1, -0.05) is 18.2 Å². The summed E-state index contributed by atoms with van der Waals surface area (Å²) < 4.78 is 5.60. The van der Waals surface area contributed by atoms with Crippen molar-refractivity contribution < 1.29 is 4.74 Å². The molecule has 0 unspecified atom stereocenters. The normalized spacial score (nSPS) is 10.0. The molecule has 0 aliphatic carbocycles. The van der Waals surface area contributed by atoms with Gasteiger partial charge in [0.1, 0.15) is 0 Å². The van der Waals surface area contributed by atoms with E-state index in [4.69, 9.17) is 21.9 Å². The second-order valence-corrected chi connectivity index (χ2v) is 3.41. The van der Waals surface area contributed by atoms with E-state index in [1.54, 1.807) is 30.3 Å². The van der Waals surface area contributed by atoms with Crippen LogP contribution in [0.2, 0.25) is 0 Å². The van der Waals surface area contributed by atoms with Gasteiger partial charge in [0.15, 0.2) is 11.5 Å². The fraction of sp³-hybridized carbons (Fsp3) is 0. The summed E-state index contributed by atoms with van der Waals surface area (Å²) in [6.45, 7) is 0. The largest absolute Gasteiger partial charge is 0.451 e. The Balaban J connectivity index is 2.38. The summed E-state index contributed by atoms with van der Waals surface area (Å²) in [5, 5.41) is 0. The molecular formula is C12H13N3O. The second-order valence-electron chi connectivity index (χ2n) is 3.41. The van der Waals surface area contributed by atoms with Gasteiger partial charge in [-0.05, 0) is 24.3 Å². The number of nitrogen functional groups attached to an aromatic ring is 3. The molecule has 2 aromatic carbocycles. The summed E-state index contributed by atoms with van der Waals surface area (Å²) in [5.74, 6) is 0.993. The van der Waals surface area contributed by atoms with Crippen LogP contribution < -0.4 is 21.9 Å². The van der Waals surface area contributed by atoms with Gasteiger partial charge < -0.3 is 21.9 Å². The van der Waals surface area contributed by atoms with E-state index in [1.165, 1.54) is 0 Å². The van der Waals surface area contributed by atoms with Gasteiger partial charge in [0.25, 0.3) is 0 Å². The number of benzene rings is 2. The standard InChI is InChI=1S/C12H13N3O/c13-8-4-1-2-7-11(8)16-12-9(14)5-3-6-10(12)15/h1-7H,13-15H2. The fourth-order valence-corrected chi connectivity index (χ4v) is 1.37. The Morgan fingerprint density at radius 2 is 1.25 bits per heavy atom. The van der Waals surface area contributed by atoms with Gasteiger partial charge in [-0.15, -0.1) is 0 Å². The van der Waals surface area contributed by atoms with Crippen LogP contribution in [0.25, 0.3) is 0 Å². The molecule has 0 aliphatic rings. The Morgan fingerprint density at radius 3 is 1.88 bits per heavy atom. The maximum Gasteiger partial charge on any atom is 0.173 e. The molecule has 0 atom stereocenters. The van der Waals surface area contributed by atoms with Gasteiger partial charge in [-0.25, -0.2) is 0 Å². The van der Waals surface area contributed by atoms with Crippen LogP contribution in [-0.2, 0) is 0 Å². The molecule has 0 bridgehead atoms. The number of para-hydroxylation sites is 3. The van der Waals surface area contributed by atoms with Crippen molar-refractivity contribution >= 4 is 17.1 Å². The van der Waals surface area contributed by atoms with Gasteiger partial charge in [0, 0.05) is 0 Å². The average molecular weight is 215 g/mol. The van der Waals surface area contributed by atoms with Crippen molar-refractivity contribution in [2.75, 3.05) is 17.2 Å². The van der Waals surface area contributed by atoms with Crippen molar-refractivity contribution in [3.63, 3.8) is 0 Å². The molecule has 0 aliphatic heterocycles. The Kier molecular flexibility index (Phi) is 2.55. The molecule has 0 fully saturated rings. The zero-order chi connectivity index (χ0) is 11.5. The van der Waals surface area contributed by atoms with Gasteiger partial charge in [-0.3, -0.25) is 0 Å². The third-order valence-electron chi connectivity index (χ3n) is 2.21. The van der Waals surface area contributed by atoms with Gasteiger partial charge in [-0.2, -0.15) is 0 Å². The quantitative estimate of drug-likeness (QED) is 0.670. The van der Waals surface area contributed by atoms with E-state index in [2.05, 4.69) is 0 Å². The van der Waals surface area contributed by atoms with Crippen LogP contribution in [0, 0.1) is 0 Å². The van der Waals surface area contributed by atoms with Crippen LogP contribution in [-0.4, -0.2) is 0 Å². The smallest absolute Gasteiger partial charge is 0.173 e. The van der Waals surface area contributed by atoms with Crippen LogP contribution in [0.1, 0.15) is 0 Å². The highest BCUT2D eigenvalue weighted by molar-refractivity contribution is 5.69. The Labute approximate surface area is 93.6 Å². The maximum atomic E-state index is 5.77. The summed E-state index contributed by atoms with van der Waals surface area (Å²) >= 11 is 0. The third-order valence-corrected chi connectivity index (χ3v) is 2.21. The minimum absolute atomic E-state index is 0.445. The molecule has 6 N–H and O–H groups in total. The molecule has 0 aromatic heterocycles. The number of rotatable bonds is 2. The first-order valence-corrected chi connectivity index (χ1v) is 4.85. The SMILES string of the molecule is Nc1ccccc1Oc1c(N)cccc1N. The highest BCUT2D eigenvalue weighted by atomic mass is 16.5. The number of hydrogen-bond donors (Lipinski definition) is 3. The highest BCUT2D eigenvalue weighted by Crippen LogP contribution is 2.35. The Hall–Kier alpha value is -2.36. The lowest BCUT2D eigenvalue weighted by Gasteiger charge is -2.12.